The third-order valence-corrected chi connectivity index (χ3v) is 9.60. The highest BCUT2D eigenvalue weighted by Gasteiger charge is 2.26. The molecular formula is C29H36N8O2S. The van der Waals surface area contributed by atoms with E-state index in [-0.39, 0.29) is 4.90 Å². The van der Waals surface area contributed by atoms with Gasteiger partial charge in [0.1, 0.15) is 5.82 Å². The summed E-state index contributed by atoms with van der Waals surface area (Å²) in [6.07, 6.45) is 3.53. The largest absolute Gasteiger partial charge is 0.369 e. The van der Waals surface area contributed by atoms with Gasteiger partial charge in [0.25, 0.3) is 10.0 Å². The van der Waals surface area contributed by atoms with Crippen LogP contribution in [-0.4, -0.2) is 68.2 Å². The summed E-state index contributed by atoms with van der Waals surface area (Å²) < 4.78 is 28.7. The second kappa shape index (κ2) is 11.1. The van der Waals surface area contributed by atoms with E-state index in [0.717, 1.165) is 69.2 Å². The zero-order chi connectivity index (χ0) is 27.7. The lowest BCUT2D eigenvalue weighted by atomic mass is 9.97. The van der Waals surface area contributed by atoms with Crippen LogP contribution in [0.3, 0.4) is 0 Å². The Hall–Kier alpha value is -3.67. The number of piperidine rings is 1. The molecule has 2 aliphatic rings. The van der Waals surface area contributed by atoms with Gasteiger partial charge < -0.3 is 26.2 Å². The van der Waals surface area contributed by atoms with E-state index >= 15 is 0 Å². The first-order chi connectivity index (χ1) is 19.4. The van der Waals surface area contributed by atoms with Gasteiger partial charge in [0.15, 0.2) is 5.65 Å². The zero-order valence-electron chi connectivity index (χ0n) is 22.8. The third-order valence-electron chi connectivity index (χ3n) is 7.92. The minimum atomic E-state index is -3.85. The van der Waals surface area contributed by atoms with Crippen LogP contribution in [0.4, 0.5) is 23.1 Å². The number of hydrogen-bond donors (Lipinski definition) is 3. The Kier molecular flexibility index (Phi) is 7.35. The topological polar surface area (TPSA) is 121 Å². The predicted molar refractivity (Wildman–Crippen MR) is 160 cm³/mol. The van der Waals surface area contributed by atoms with E-state index in [0.29, 0.717) is 29.4 Å². The number of hydrogen-bond acceptors (Lipinski definition) is 9. The molecule has 10 nitrogen and oxygen atoms in total. The second-order valence-corrected chi connectivity index (χ2v) is 12.4. The summed E-state index contributed by atoms with van der Waals surface area (Å²) in [5, 5.41) is 7.42. The van der Waals surface area contributed by atoms with Crippen molar-refractivity contribution in [2.75, 3.05) is 60.9 Å². The van der Waals surface area contributed by atoms with Gasteiger partial charge in [-0.15, -0.1) is 0 Å². The highest BCUT2D eigenvalue weighted by molar-refractivity contribution is 7.90. The van der Waals surface area contributed by atoms with Crippen LogP contribution in [0.1, 0.15) is 18.4 Å². The van der Waals surface area contributed by atoms with Gasteiger partial charge >= 0.3 is 0 Å². The Morgan fingerprint density at radius 3 is 2.30 bits per heavy atom. The van der Waals surface area contributed by atoms with Gasteiger partial charge in [0.05, 0.1) is 10.3 Å². The van der Waals surface area contributed by atoms with Crippen LogP contribution in [0.15, 0.2) is 65.7 Å². The Labute approximate surface area is 235 Å². The molecule has 4 aromatic rings. The van der Waals surface area contributed by atoms with Crippen molar-refractivity contribution in [3.05, 3.63) is 66.4 Å². The Morgan fingerprint density at radius 2 is 1.62 bits per heavy atom. The number of rotatable bonds is 7. The molecule has 0 atom stereocenters. The number of aromatic nitrogens is 3. The van der Waals surface area contributed by atoms with E-state index in [1.165, 1.54) is 9.66 Å². The van der Waals surface area contributed by atoms with Crippen LogP contribution in [-0.2, 0) is 10.0 Å². The van der Waals surface area contributed by atoms with E-state index < -0.39 is 10.0 Å². The van der Waals surface area contributed by atoms with Crippen molar-refractivity contribution in [3.63, 3.8) is 0 Å². The highest BCUT2D eigenvalue weighted by Crippen LogP contribution is 2.32. The molecule has 2 aromatic carbocycles. The highest BCUT2D eigenvalue weighted by atomic mass is 32.2. The lowest BCUT2D eigenvalue weighted by Gasteiger charge is -2.32. The van der Waals surface area contributed by atoms with Crippen molar-refractivity contribution in [1.29, 1.82) is 0 Å². The number of benzene rings is 2. The lowest BCUT2D eigenvalue weighted by molar-refractivity contribution is 0.413. The van der Waals surface area contributed by atoms with Gasteiger partial charge in [-0.1, -0.05) is 17.7 Å². The van der Waals surface area contributed by atoms with Crippen LogP contribution in [0.2, 0.25) is 0 Å². The molecule has 40 heavy (non-hydrogen) atoms. The monoisotopic (exact) mass is 560 g/mol. The van der Waals surface area contributed by atoms with E-state index in [1.807, 2.05) is 19.1 Å². The maximum Gasteiger partial charge on any atom is 0.269 e. The summed E-state index contributed by atoms with van der Waals surface area (Å²) in [5.74, 6) is 1.59. The maximum absolute atomic E-state index is 13.7. The Morgan fingerprint density at radius 1 is 0.925 bits per heavy atom. The van der Waals surface area contributed by atoms with Gasteiger partial charge in [0.2, 0.25) is 5.95 Å². The first kappa shape index (κ1) is 26.5. The van der Waals surface area contributed by atoms with Gasteiger partial charge in [-0.25, -0.2) is 12.4 Å². The number of aryl methyl sites for hydroxylation is 1. The molecule has 0 amide bonds. The number of nitrogens with one attached hydrogen (secondary N) is 2. The van der Waals surface area contributed by atoms with Crippen LogP contribution < -0.4 is 26.2 Å². The molecule has 0 bridgehead atoms. The molecule has 0 spiro atoms. The molecule has 2 aliphatic heterocycles. The van der Waals surface area contributed by atoms with Gasteiger partial charge in [-0.2, -0.15) is 9.97 Å². The standard InChI is InChI=1S/C29H36N8O2S/c1-21-2-8-25(9-3-21)40(38,39)37-17-12-26-27(36-15-10-22(20-30)11-16-36)33-29(34-28(26)37)32-23-4-6-24(7-5-23)35-18-13-31-14-19-35/h2-9,12,17,22,31H,10-11,13-16,18-20,30H2,1H3,(H,32,33,34). The van der Waals surface area contributed by atoms with E-state index in [1.54, 1.807) is 36.5 Å². The van der Waals surface area contributed by atoms with E-state index in [9.17, 15) is 8.42 Å². The molecule has 11 heteroatoms. The number of nitrogens with two attached hydrogens (primary N) is 1. The summed E-state index contributed by atoms with van der Waals surface area (Å²) in [6, 6.07) is 16.9. The van der Waals surface area contributed by atoms with Crippen molar-refractivity contribution in [1.82, 2.24) is 19.3 Å². The normalized spacial score (nSPS) is 16.9. The molecule has 210 valence electrons. The summed E-state index contributed by atoms with van der Waals surface area (Å²) >= 11 is 0. The van der Waals surface area contributed by atoms with Crippen LogP contribution in [0.5, 0.6) is 0 Å². The van der Waals surface area contributed by atoms with Crippen LogP contribution >= 0.6 is 0 Å². The van der Waals surface area contributed by atoms with E-state index in [4.69, 9.17) is 15.7 Å². The molecule has 2 saturated heterocycles. The van der Waals surface area contributed by atoms with Gasteiger partial charge in [-0.3, -0.25) is 0 Å². The minimum Gasteiger partial charge on any atom is -0.369 e. The fourth-order valence-electron chi connectivity index (χ4n) is 5.48. The third kappa shape index (κ3) is 5.24. The van der Waals surface area contributed by atoms with Gasteiger partial charge in [0, 0.05) is 56.8 Å². The average Bonchev–Trinajstić information content (AvgIpc) is 3.43. The van der Waals surface area contributed by atoms with Gasteiger partial charge in [-0.05, 0) is 74.7 Å². The van der Waals surface area contributed by atoms with Crippen molar-refractivity contribution in [2.24, 2.45) is 11.7 Å². The SMILES string of the molecule is Cc1ccc(S(=O)(=O)n2ccc3c(N4CCC(CN)CC4)nc(Nc4ccc(N5CCNCC5)cc4)nc32)cc1. The van der Waals surface area contributed by atoms with Crippen molar-refractivity contribution in [3.8, 4) is 0 Å². The molecule has 0 radical (unpaired) electrons. The smallest absolute Gasteiger partial charge is 0.269 e. The van der Waals surface area contributed by atoms with Crippen LogP contribution in [0, 0.1) is 12.8 Å². The van der Waals surface area contributed by atoms with Crippen molar-refractivity contribution < 1.29 is 8.42 Å². The molecule has 2 fully saturated rings. The summed E-state index contributed by atoms with van der Waals surface area (Å²) in [4.78, 5) is 14.4. The first-order valence-electron chi connectivity index (χ1n) is 13.9. The second-order valence-electron chi connectivity index (χ2n) is 10.6. The zero-order valence-corrected chi connectivity index (χ0v) is 23.6. The van der Waals surface area contributed by atoms with E-state index in [2.05, 4.69) is 32.6 Å². The predicted octanol–water partition coefficient (Wildman–Crippen LogP) is 3.31. The average molecular weight is 561 g/mol. The molecule has 4 heterocycles. The summed E-state index contributed by atoms with van der Waals surface area (Å²) in [7, 11) is -3.85. The molecule has 2 aromatic heterocycles. The maximum atomic E-state index is 13.7. The molecule has 6 rings (SSSR count). The first-order valence-corrected chi connectivity index (χ1v) is 15.4. The molecule has 0 aliphatic carbocycles. The Bertz CT molecular complexity index is 1570. The summed E-state index contributed by atoms with van der Waals surface area (Å²) in [6.45, 7) is 8.13. The van der Waals surface area contributed by atoms with Crippen molar-refractivity contribution in [2.45, 2.75) is 24.7 Å². The van der Waals surface area contributed by atoms with Crippen molar-refractivity contribution >= 4 is 44.2 Å². The number of nitrogens with zero attached hydrogens (tertiary/aromatic N) is 5. The molecule has 0 saturated carbocycles. The molecule has 4 N–H and O–H groups in total. The minimum absolute atomic E-state index is 0.220. The number of piperazine rings is 1. The number of anilines is 4. The number of fused-ring (bicyclic) bond motifs is 1. The quantitative estimate of drug-likeness (QED) is 0.313. The Balaban J connectivity index is 1.37. The molecule has 0 unspecified atom stereocenters. The summed E-state index contributed by atoms with van der Waals surface area (Å²) in [5.41, 5.74) is 9.29. The fourth-order valence-corrected chi connectivity index (χ4v) is 6.77. The lowest BCUT2D eigenvalue weighted by Crippen LogP contribution is -2.43. The molecular weight excluding hydrogens is 524 g/mol. The van der Waals surface area contributed by atoms with Crippen LogP contribution in [0.25, 0.3) is 11.0 Å². The fraction of sp³-hybridized carbons (Fsp3) is 0.379.